The number of rotatable bonds is 20. The molecule has 4 amide bonds. The number of nitrogens with one attached hydrogen (secondary N) is 4. The molecule has 0 spiro atoms. The SMILES string of the molecule is CC(C)C[C@H](NC(=O)[C@H](Cc1ccc(N)cc1)NC(=O)CNC(=O)CNC(=O)[C@H](Cc1ccc(O)cc1)N(Cc1ccccc1)Cc1ccccc1)C(=O)O. The number of carbonyl (C=O) groups excluding carboxylic acids is 4. The lowest BCUT2D eigenvalue weighted by molar-refractivity contribution is -0.142. The average molecular weight is 751 g/mol. The lowest BCUT2D eigenvalue weighted by atomic mass is 10.0. The fraction of sp³-hybridized carbons (Fsp3) is 0.310. The lowest BCUT2D eigenvalue weighted by Crippen LogP contribution is -2.54. The number of benzene rings is 4. The second-order valence-corrected chi connectivity index (χ2v) is 13.9. The van der Waals surface area contributed by atoms with Gasteiger partial charge in [-0.25, -0.2) is 4.79 Å². The highest BCUT2D eigenvalue weighted by Gasteiger charge is 2.29. The second-order valence-electron chi connectivity index (χ2n) is 13.9. The van der Waals surface area contributed by atoms with E-state index < -0.39 is 60.8 Å². The predicted molar refractivity (Wildman–Crippen MR) is 209 cm³/mol. The van der Waals surface area contributed by atoms with Crippen molar-refractivity contribution < 1.29 is 34.2 Å². The molecule has 0 saturated heterocycles. The van der Waals surface area contributed by atoms with Crippen LogP contribution >= 0.6 is 0 Å². The predicted octanol–water partition coefficient (Wildman–Crippen LogP) is 3.16. The van der Waals surface area contributed by atoms with Crippen molar-refractivity contribution in [2.45, 2.75) is 64.3 Å². The first-order valence-corrected chi connectivity index (χ1v) is 18.2. The molecule has 8 N–H and O–H groups in total. The number of amides is 4. The molecule has 0 aliphatic rings. The van der Waals surface area contributed by atoms with Crippen LogP contribution in [0.3, 0.4) is 0 Å². The molecule has 55 heavy (non-hydrogen) atoms. The van der Waals surface area contributed by atoms with Gasteiger partial charge in [-0.3, -0.25) is 24.1 Å². The molecule has 0 unspecified atom stereocenters. The molecule has 13 heteroatoms. The summed E-state index contributed by atoms with van der Waals surface area (Å²) in [6.07, 6.45) is 0.519. The van der Waals surface area contributed by atoms with Gasteiger partial charge in [-0.1, -0.05) is 98.8 Å². The minimum Gasteiger partial charge on any atom is -0.508 e. The van der Waals surface area contributed by atoms with Crippen molar-refractivity contribution >= 4 is 35.3 Å². The van der Waals surface area contributed by atoms with Gasteiger partial charge in [-0.15, -0.1) is 0 Å². The van der Waals surface area contributed by atoms with E-state index in [0.29, 0.717) is 24.3 Å². The minimum absolute atomic E-state index is 0.0128. The van der Waals surface area contributed by atoms with E-state index in [1.54, 1.807) is 48.5 Å². The third-order valence-electron chi connectivity index (χ3n) is 8.83. The standard InChI is InChI=1S/C42H50N6O7/c1-28(2)21-36(42(54)55)47-40(52)35(22-29-13-17-33(43)18-14-29)46-39(51)25-44-38(50)24-45-41(53)37(23-30-15-19-34(49)20-16-30)48(26-31-9-5-3-6-10-31)27-32-11-7-4-8-12-32/h3-20,28,35-37,49H,21-27,43H2,1-2H3,(H,44,50)(H,45,53)(H,46,51)(H,47,52)(H,54,55)/t35-,36-,37-/m0/s1. The number of phenolic OH excluding ortho intramolecular Hbond substituents is 1. The molecule has 0 heterocycles. The maximum absolute atomic E-state index is 13.9. The summed E-state index contributed by atoms with van der Waals surface area (Å²) in [5, 5.41) is 29.9. The molecule has 0 radical (unpaired) electrons. The third-order valence-corrected chi connectivity index (χ3v) is 8.83. The van der Waals surface area contributed by atoms with Gasteiger partial charge in [0.15, 0.2) is 0 Å². The van der Waals surface area contributed by atoms with Crippen LogP contribution in [-0.2, 0) is 49.9 Å². The lowest BCUT2D eigenvalue weighted by Gasteiger charge is -2.31. The van der Waals surface area contributed by atoms with Crippen LogP contribution in [0.1, 0.15) is 42.5 Å². The smallest absolute Gasteiger partial charge is 0.326 e. The van der Waals surface area contributed by atoms with Crippen molar-refractivity contribution in [2.24, 2.45) is 5.92 Å². The van der Waals surface area contributed by atoms with Crippen LogP contribution in [0, 0.1) is 5.92 Å². The number of carboxylic acids is 1. The monoisotopic (exact) mass is 750 g/mol. The van der Waals surface area contributed by atoms with Crippen molar-refractivity contribution in [3.05, 3.63) is 131 Å². The molecular weight excluding hydrogens is 700 g/mol. The van der Waals surface area contributed by atoms with E-state index in [-0.39, 0.29) is 30.9 Å². The van der Waals surface area contributed by atoms with Crippen LogP contribution in [-0.4, -0.2) is 75.9 Å². The first kappa shape index (κ1) is 41.5. The summed E-state index contributed by atoms with van der Waals surface area (Å²) in [6, 6.07) is 29.7. The van der Waals surface area contributed by atoms with Crippen LogP contribution in [0.4, 0.5) is 5.69 Å². The Morgan fingerprint density at radius 3 is 1.69 bits per heavy atom. The van der Waals surface area contributed by atoms with Gasteiger partial charge in [-0.2, -0.15) is 0 Å². The van der Waals surface area contributed by atoms with Crippen molar-refractivity contribution in [3.8, 4) is 5.75 Å². The number of hydrogen-bond acceptors (Lipinski definition) is 8. The highest BCUT2D eigenvalue weighted by atomic mass is 16.4. The Hall–Kier alpha value is -6.21. The first-order chi connectivity index (χ1) is 26.4. The third kappa shape index (κ3) is 14.3. The number of nitrogen functional groups attached to an aromatic ring is 1. The maximum atomic E-state index is 13.9. The van der Waals surface area contributed by atoms with Gasteiger partial charge in [0.05, 0.1) is 19.1 Å². The Morgan fingerprint density at radius 1 is 0.618 bits per heavy atom. The first-order valence-electron chi connectivity index (χ1n) is 18.2. The normalized spacial score (nSPS) is 12.7. The van der Waals surface area contributed by atoms with E-state index in [2.05, 4.69) is 21.3 Å². The molecule has 290 valence electrons. The number of nitrogens with zero attached hydrogens (tertiary/aromatic N) is 1. The Kier molecular flexibility index (Phi) is 15.8. The Labute approximate surface area is 321 Å². The van der Waals surface area contributed by atoms with Gasteiger partial charge in [0.2, 0.25) is 23.6 Å². The van der Waals surface area contributed by atoms with Gasteiger partial charge in [0.1, 0.15) is 17.8 Å². The van der Waals surface area contributed by atoms with E-state index in [1.807, 2.05) is 79.4 Å². The highest BCUT2D eigenvalue weighted by Crippen LogP contribution is 2.19. The quantitative estimate of drug-likeness (QED) is 0.0663. The number of nitrogens with two attached hydrogens (primary N) is 1. The summed E-state index contributed by atoms with van der Waals surface area (Å²) in [5.74, 6) is -3.52. The molecule has 0 aliphatic heterocycles. The minimum atomic E-state index is -1.19. The van der Waals surface area contributed by atoms with Crippen LogP contribution in [0.5, 0.6) is 5.75 Å². The number of phenols is 1. The van der Waals surface area contributed by atoms with Gasteiger partial charge in [0.25, 0.3) is 0 Å². The number of aliphatic carboxylic acids is 1. The van der Waals surface area contributed by atoms with E-state index in [0.717, 1.165) is 16.7 Å². The fourth-order valence-electron chi connectivity index (χ4n) is 5.99. The Morgan fingerprint density at radius 2 is 1.15 bits per heavy atom. The van der Waals surface area contributed by atoms with Gasteiger partial charge < -0.3 is 37.2 Å². The molecule has 0 bridgehead atoms. The Bertz CT molecular complexity index is 1810. The Balaban J connectivity index is 1.42. The number of carboxylic acid groups (broad SMARTS) is 1. The molecule has 13 nitrogen and oxygen atoms in total. The highest BCUT2D eigenvalue weighted by molar-refractivity contribution is 5.93. The van der Waals surface area contributed by atoms with Crippen LogP contribution < -0.4 is 27.0 Å². The summed E-state index contributed by atoms with van der Waals surface area (Å²) >= 11 is 0. The molecule has 3 atom stereocenters. The van der Waals surface area contributed by atoms with Crippen LogP contribution in [0.2, 0.25) is 0 Å². The number of hydrogen-bond donors (Lipinski definition) is 7. The van der Waals surface area contributed by atoms with E-state index in [4.69, 9.17) is 5.73 Å². The number of anilines is 1. The van der Waals surface area contributed by atoms with Crippen molar-refractivity contribution in [1.82, 2.24) is 26.2 Å². The summed E-state index contributed by atoms with van der Waals surface area (Å²) in [5.41, 5.74) is 9.78. The van der Waals surface area contributed by atoms with Crippen molar-refractivity contribution in [3.63, 3.8) is 0 Å². The van der Waals surface area contributed by atoms with E-state index in [9.17, 15) is 34.2 Å². The molecule has 0 fully saturated rings. The summed E-state index contributed by atoms with van der Waals surface area (Å²) in [7, 11) is 0. The van der Waals surface area contributed by atoms with Gasteiger partial charge in [0, 0.05) is 25.2 Å². The summed E-state index contributed by atoms with van der Waals surface area (Å²) < 4.78 is 0. The fourth-order valence-corrected chi connectivity index (χ4v) is 5.99. The zero-order valence-electron chi connectivity index (χ0n) is 31.1. The van der Waals surface area contributed by atoms with E-state index in [1.165, 1.54) is 0 Å². The molecular formula is C42H50N6O7. The molecule has 4 aromatic carbocycles. The van der Waals surface area contributed by atoms with Gasteiger partial charge in [-0.05, 0) is 65.3 Å². The summed E-state index contributed by atoms with van der Waals surface area (Å²) in [4.78, 5) is 67.1. The molecule has 0 aromatic heterocycles. The second kappa shape index (κ2) is 20.9. The van der Waals surface area contributed by atoms with Gasteiger partial charge >= 0.3 is 5.97 Å². The number of aromatic hydroxyl groups is 1. The van der Waals surface area contributed by atoms with Crippen LogP contribution in [0.25, 0.3) is 0 Å². The number of carbonyl (C=O) groups is 5. The molecule has 0 saturated carbocycles. The maximum Gasteiger partial charge on any atom is 0.326 e. The topological polar surface area (TPSA) is 203 Å². The molecule has 4 aromatic rings. The largest absolute Gasteiger partial charge is 0.508 e. The summed E-state index contributed by atoms with van der Waals surface area (Å²) in [6.45, 7) is 3.62. The zero-order valence-corrected chi connectivity index (χ0v) is 31.1. The zero-order chi connectivity index (χ0) is 39.7. The molecule has 4 rings (SSSR count). The van der Waals surface area contributed by atoms with Crippen molar-refractivity contribution in [1.29, 1.82) is 0 Å². The van der Waals surface area contributed by atoms with E-state index >= 15 is 0 Å². The molecule has 0 aliphatic carbocycles. The van der Waals surface area contributed by atoms with Crippen LogP contribution in [0.15, 0.2) is 109 Å². The van der Waals surface area contributed by atoms with Crippen molar-refractivity contribution in [2.75, 3.05) is 18.8 Å². The average Bonchev–Trinajstić information content (AvgIpc) is 3.16.